The highest BCUT2D eigenvalue weighted by Gasteiger charge is 2.39. The first-order valence-electron chi connectivity index (χ1n) is 8.72. The Balaban J connectivity index is 1.47. The van der Waals surface area contributed by atoms with Crippen LogP contribution < -0.4 is 10.1 Å². The minimum atomic E-state index is -0.140. The van der Waals surface area contributed by atoms with Gasteiger partial charge < -0.3 is 10.1 Å². The van der Waals surface area contributed by atoms with Gasteiger partial charge in [-0.1, -0.05) is 36.4 Å². The first-order valence-corrected chi connectivity index (χ1v) is 8.72. The third-order valence-electron chi connectivity index (χ3n) is 4.74. The van der Waals surface area contributed by atoms with E-state index in [0.717, 1.165) is 23.4 Å². The van der Waals surface area contributed by atoms with Crippen molar-refractivity contribution in [1.82, 2.24) is 15.1 Å². The molecule has 0 spiro atoms. The molecular weight excluding hydrogens is 326 g/mol. The topological polar surface area (TPSA) is 56.1 Å². The lowest BCUT2D eigenvalue weighted by Gasteiger charge is -2.09. The summed E-state index contributed by atoms with van der Waals surface area (Å²) in [7, 11) is 1.63. The van der Waals surface area contributed by atoms with Gasteiger partial charge in [0.15, 0.2) is 5.69 Å². The number of ether oxygens (including phenoxy) is 1. The van der Waals surface area contributed by atoms with Crippen LogP contribution in [0.15, 0.2) is 60.8 Å². The van der Waals surface area contributed by atoms with Crippen molar-refractivity contribution in [3.63, 3.8) is 0 Å². The van der Waals surface area contributed by atoms with Crippen LogP contribution in [0.25, 0.3) is 5.69 Å². The van der Waals surface area contributed by atoms with Crippen molar-refractivity contribution in [3.8, 4) is 11.4 Å². The molecule has 2 aromatic carbocycles. The van der Waals surface area contributed by atoms with Crippen LogP contribution in [-0.2, 0) is 0 Å². The lowest BCUT2D eigenvalue weighted by Crippen LogP contribution is -2.27. The van der Waals surface area contributed by atoms with Gasteiger partial charge in [0.25, 0.3) is 5.91 Å². The van der Waals surface area contributed by atoms with Crippen LogP contribution in [0, 0.1) is 6.92 Å². The molecule has 1 aliphatic rings. The second kappa shape index (κ2) is 6.67. The van der Waals surface area contributed by atoms with Crippen LogP contribution in [0.2, 0.25) is 0 Å². The summed E-state index contributed by atoms with van der Waals surface area (Å²) >= 11 is 0. The molecule has 0 bridgehead atoms. The largest absolute Gasteiger partial charge is 0.494 e. The average Bonchev–Trinajstić information content (AvgIpc) is 3.25. The number of hydrogen-bond acceptors (Lipinski definition) is 3. The van der Waals surface area contributed by atoms with Crippen molar-refractivity contribution in [3.05, 3.63) is 77.6 Å². The van der Waals surface area contributed by atoms with Crippen LogP contribution in [0.3, 0.4) is 0 Å². The molecule has 4 rings (SSSR count). The Morgan fingerprint density at radius 3 is 2.77 bits per heavy atom. The van der Waals surface area contributed by atoms with Crippen molar-refractivity contribution < 1.29 is 9.53 Å². The van der Waals surface area contributed by atoms with E-state index in [1.807, 2.05) is 43.3 Å². The molecule has 1 fully saturated rings. The number of carbonyl (C=O) groups is 1. The summed E-state index contributed by atoms with van der Waals surface area (Å²) < 4.78 is 7.08. The fraction of sp³-hybridized carbons (Fsp3) is 0.238. The van der Waals surface area contributed by atoms with Gasteiger partial charge in [-0.25, -0.2) is 4.68 Å². The third kappa shape index (κ3) is 3.20. The number of rotatable bonds is 5. The molecule has 3 aromatic rings. The number of aromatic nitrogens is 2. The summed E-state index contributed by atoms with van der Waals surface area (Å²) in [6.45, 7) is 2.01. The van der Waals surface area contributed by atoms with Crippen LogP contribution in [0.1, 0.15) is 34.0 Å². The average molecular weight is 347 g/mol. The molecule has 1 aliphatic carbocycles. The third-order valence-corrected chi connectivity index (χ3v) is 4.74. The van der Waals surface area contributed by atoms with E-state index in [1.54, 1.807) is 24.1 Å². The van der Waals surface area contributed by atoms with E-state index in [0.29, 0.717) is 11.6 Å². The Bertz CT molecular complexity index is 933. The maximum absolute atomic E-state index is 12.5. The minimum absolute atomic E-state index is 0.140. The zero-order valence-corrected chi connectivity index (χ0v) is 14.8. The summed E-state index contributed by atoms with van der Waals surface area (Å²) in [5.41, 5.74) is 3.60. The monoisotopic (exact) mass is 347 g/mol. The molecule has 0 saturated heterocycles. The van der Waals surface area contributed by atoms with Gasteiger partial charge in [-0.3, -0.25) is 4.79 Å². The highest BCUT2D eigenvalue weighted by molar-refractivity contribution is 5.92. The molecule has 1 amide bonds. The summed E-state index contributed by atoms with van der Waals surface area (Å²) in [6.07, 6.45) is 2.76. The fourth-order valence-corrected chi connectivity index (χ4v) is 3.22. The van der Waals surface area contributed by atoms with Crippen molar-refractivity contribution >= 4 is 5.91 Å². The Hall–Kier alpha value is -3.08. The molecule has 2 atom stereocenters. The number of aryl methyl sites for hydroxylation is 1. The van der Waals surface area contributed by atoms with Gasteiger partial charge in [0.1, 0.15) is 11.4 Å². The SMILES string of the molecule is COc1ccc(C)cc1-n1ccc(C(=O)NC2CC2c2ccccc2)n1. The second-order valence-electron chi connectivity index (χ2n) is 6.65. The van der Waals surface area contributed by atoms with E-state index in [9.17, 15) is 4.79 Å². The highest BCUT2D eigenvalue weighted by Crippen LogP contribution is 2.40. The smallest absolute Gasteiger partial charge is 0.272 e. The van der Waals surface area contributed by atoms with Crippen molar-refractivity contribution in [2.75, 3.05) is 7.11 Å². The van der Waals surface area contributed by atoms with Gasteiger partial charge in [0.2, 0.25) is 0 Å². The first-order chi connectivity index (χ1) is 12.7. The van der Waals surface area contributed by atoms with Gasteiger partial charge in [0, 0.05) is 18.2 Å². The summed E-state index contributed by atoms with van der Waals surface area (Å²) in [6, 6.07) is 18.1. The van der Waals surface area contributed by atoms with Gasteiger partial charge in [-0.15, -0.1) is 0 Å². The van der Waals surface area contributed by atoms with E-state index in [2.05, 4.69) is 22.5 Å². The van der Waals surface area contributed by atoms with E-state index < -0.39 is 0 Å². The number of nitrogens with one attached hydrogen (secondary N) is 1. The molecule has 1 heterocycles. The number of methoxy groups -OCH3 is 1. The molecule has 0 radical (unpaired) electrons. The van der Waals surface area contributed by atoms with Crippen LogP contribution >= 0.6 is 0 Å². The Kier molecular flexibility index (Phi) is 4.21. The summed E-state index contributed by atoms with van der Waals surface area (Å²) in [4.78, 5) is 12.5. The van der Waals surface area contributed by atoms with E-state index >= 15 is 0 Å². The van der Waals surface area contributed by atoms with Crippen molar-refractivity contribution in [2.24, 2.45) is 0 Å². The van der Waals surface area contributed by atoms with E-state index in [1.165, 1.54) is 5.56 Å². The summed E-state index contributed by atoms with van der Waals surface area (Å²) in [5, 5.41) is 7.51. The second-order valence-corrected chi connectivity index (χ2v) is 6.65. The molecule has 1 N–H and O–H groups in total. The molecule has 0 aliphatic heterocycles. The predicted molar refractivity (Wildman–Crippen MR) is 99.9 cm³/mol. The number of nitrogens with zero attached hydrogens (tertiary/aromatic N) is 2. The van der Waals surface area contributed by atoms with Crippen molar-refractivity contribution in [1.29, 1.82) is 0 Å². The van der Waals surface area contributed by atoms with Gasteiger partial charge in [-0.05, 0) is 42.7 Å². The number of hydrogen-bond donors (Lipinski definition) is 1. The standard InChI is InChI=1S/C21H21N3O2/c1-14-8-9-20(26-2)19(12-14)24-11-10-17(23-24)21(25)22-18-13-16(18)15-6-4-3-5-7-15/h3-12,16,18H,13H2,1-2H3,(H,22,25). The number of carbonyl (C=O) groups excluding carboxylic acids is 1. The summed E-state index contributed by atoms with van der Waals surface area (Å²) in [5.74, 6) is 0.981. The Morgan fingerprint density at radius 2 is 2.00 bits per heavy atom. The molecule has 2 unspecified atom stereocenters. The van der Waals surface area contributed by atoms with Gasteiger partial charge in [0.05, 0.1) is 7.11 Å². The number of benzene rings is 2. The van der Waals surface area contributed by atoms with Gasteiger partial charge >= 0.3 is 0 Å². The molecule has 1 saturated carbocycles. The normalized spacial score (nSPS) is 18.4. The molecule has 1 aromatic heterocycles. The molecule has 5 heteroatoms. The molecule has 5 nitrogen and oxygen atoms in total. The quantitative estimate of drug-likeness (QED) is 0.769. The Labute approximate surface area is 152 Å². The maximum atomic E-state index is 12.5. The zero-order valence-electron chi connectivity index (χ0n) is 14.8. The van der Waals surface area contributed by atoms with Crippen LogP contribution in [-0.4, -0.2) is 28.8 Å². The Morgan fingerprint density at radius 1 is 1.19 bits per heavy atom. The fourth-order valence-electron chi connectivity index (χ4n) is 3.22. The van der Waals surface area contributed by atoms with E-state index in [-0.39, 0.29) is 11.9 Å². The lowest BCUT2D eigenvalue weighted by molar-refractivity contribution is 0.0945. The molecular formula is C21H21N3O2. The van der Waals surface area contributed by atoms with Crippen molar-refractivity contribution in [2.45, 2.75) is 25.3 Å². The molecule has 132 valence electrons. The van der Waals surface area contributed by atoms with Crippen LogP contribution in [0.5, 0.6) is 5.75 Å². The molecule has 26 heavy (non-hydrogen) atoms. The zero-order chi connectivity index (χ0) is 18.1. The predicted octanol–water partition coefficient (Wildman–Crippen LogP) is 3.48. The maximum Gasteiger partial charge on any atom is 0.272 e. The highest BCUT2D eigenvalue weighted by atomic mass is 16.5. The number of amides is 1. The lowest BCUT2D eigenvalue weighted by atomic mass is 10.1. The van der Waals surface area contributed by atoms with Crippen LogP contribution in [0.4, 0.5) is 0 Å². The first kappa shape index (κ1) is 16.4. The van der Waals surface area contributed by atoms with E-state index in [4.69, 9.17) is 4.74 Å². The minimum Gasteiger partial charge on any atom is -0.494 e. The van der Waals surface area contributed by atoms with Gasteiger partial charge in [-0.2, -0.15) is 5.10 Å².